The zero-order valence-corrected chi connectivity index (χ0v) is 7.97. The van der Waals surface area contributed by atoms with E-state index in [1.807, 2.05) is 0 Å². The summed E-state index contributed by atoms with van der Waals surface area (Å²) in [6.45, 7) is 4.65. The number of hydrogen-bond donors (Lipinski definition) is 0. The largest absolute Gasteiger partial charge is 0.0654 e. The molecule has 0 atom stereocenters. The Hall–Kier alpha value is 0. The Morgan fingerprint density at radius 2 is 1.82 bits per heavy atom. The molecule has 0 N–H and O–H groups in total. The fourth-order valence-corrected chi connectivity index (χ4v) is 1.92. The summed E-state index contributed by atoms with van der Waals surface area (Å²) < 4.78 is 0. The van der Waals surface area contributed by atoms with Crippen LogP contribution >= 0.6 is 0 Å². The van der Waals surface area contributed by atoms with Crippen molar-refractivity contribution >= 4 is 0 Å². The Bertz CT molecular complexity index is 85.5. The van der Waals surface area contributed by atoms with E-state index in [0.29, 0.717) is 0 Å². The molecule has 1 radical (unpaired) electrons. The summed E-state index contributed by atoms with van der Waals surface area (Å²) in [5, 5.41) is 0. The minimum Gasteiger partial charge on any atom is -0.0654 e. The van der Waals surface area contributed by atoms with Gasteiger partial charge in [0.25, 0.3) is 0 Å². The third kappa shape index (κ3) is 3.27. The van der Waals surface area contributed by atoms with E-state index in [4.69, 9.17) is 0 Å². The van der Waals surface area contributed by atoms with Crippen molar-refractivity contribution in [3.63, 3.8) is 0 Å². The van der Waals surface area contributed by atoms with Gasteiger partial charge in [-0.2, -0.15) is 0 Å². The summed E-state index contributed by atoms with van der Waals surface area (Å²) in [7, 11) is 0. The Balaban J connectivity index is 2.07. The Kier molecular flexibility index (Phi) is 3.96. The molecule has 1 aliphatic carbocycles. The molecule has 0 unspecified atom stereocenters. The van der Waals surface area contributed by atoms with Crippen molar-refractivity contribution in [1.82, 2.24) is 0 Å². The van der Waals surface area contributed by atoms with Crippen LogP contribution in [-0.2, 0) is 0 Å². The van der Waals surface area contributed by atoms with E-state index in [1.165, 1.54) is 38.5 Å². The molecule has 1 rings (SSSR count). The van der Waals surface area contributed by atoms with Crippen molar-refractivity contribution < 1.29 is 0 Å². The van der Waals surface area contributed by atoms with Crippen LogP contribution in [0.2, 0.25) is 0 Å². The average Bonchev–Trinajstić information content (AvgIpc) is 2.04. The van der Waals surface area contributed by atoms with Crippen LogP contribution in [-0.4, -0.2) is 0 Å². The van der Waals surface area contributed by atoms with Gasteiger partial charge in [-0.25, -0.2) is 0 Å². The molecule has 0 aliphatic heterocycles. The first-order valence-electron chi connectivity index (χ1n) is 5.16. The van der Waals surface area contributed by atoms with Gasteiger partial charge >= 0.3 is 0 Å². The van der Waals surface area contributed by atoms with Crippen LogP contribution in [0.1, 0.15) is 52.4 Å². The molecule has 0 aromatic heterocycles. The molecule has 0 spiro atoms. The Morgan fingerprint density at radius 3 is 2.36 bits per heavy atom. The zero-order valence-electron chi connectivity index (χ0n) is 7.97. The van der Waals surface area contributed by atoms with Gasteiger partial charge in [0.2, 0.25) is 0 Å². The predicted molar refractivity (Wildman–Crippen MR) is 50.3 cm³/mol. The summed E-state index contributed by atoms with van der Waals surface area (Å²) in [6, 6.07) is 0. The van der Waals surface area contributed by atoms with Gasteiger partial charge in [0.05, 0.1) is 0 Å². The lowest BCUT2D eigenvalue weighted by Crippen LogP contribution is -2.12. The van der Waals surface area contributed by atoms with E-state index in [2.05, 4.69) is 20.3 Å². The molecule has 1 saturated carbocycles. The Morgan fingerprint density at radius 1 is 1.18 bits per heavy atom. The second kappa shape index (κ2) is 4.79. The quantitative estimate of drug-likeness (QED) is 0.578. The molecule has 0 heteroatoms. The van der Waals surface area contributed by atoms with Gasteiger partial charge in [-0.3, -0.25) is 0 Å². The molecule has 1 aliphatic rings. The molecule has 0 aromatic rings. The molecule has 1 fully saturated rings. The number of hydrogen-bond acceptors (Lipinski definition) is 0. The normalized spacial score (nSPS) is 32.2. The Labute approximate surface area is 71.4 Å². The molecule has 0 heterocycles. The lowest BCUT2D eigenvalue weighted by atomic mass is 9.81. The lowest BCUT2D eigenvalue weighted by Gasteiger charge is -2.25. The van der Waals surface area contributed by atoms with Gasteiger partial charge in [0.15, 0.2) is 0 Å². The molecular formula is C11H21. The van der Waals surface area contributed by atoms with Gasteiger partial charge in [-0.1, -0.05) is 39.5 Å². The fourth-order valence-electron chi connectivity index (χ4n) is 1.92. The topological polar surface area (TPSA) is 0 Å². The third-order valence-corrected chi connectivity index (χ3v) is 2.85. The highest BCUT2D eigenvalue weighted by Gasteiger charge is 2.17. The summed E-state index contributed by atoms with van der Waals surface area (Å²) in [4.78, 5) is 0. The summed E-state index contributed by atoms with van der Waals surface area (Å²) >= 11 is 0. The van der Waals surface area contributed by atoms with Crippen LogP contribution in [0.25, 0.3) is 0 Å². The molecule has 65 valence electrons. The maximum atomic E-state index is 2.55. The van der Waals surface area contributed by atoms with Gasteiger partial charge in [-0.15, -0.1) is 0 Å². The van der Waals surface area contributed by atoms with Crippen LogP contribution in [0.15, 0.2) is 0 Å². The standard InChI is InChI=1S/C11H21/c1-3-4-5-11-8-6-10(2)7-9-11/h5,10-11H,3-4,6-9H2,1-2H3. The maximum absolute atomic E-state index is 2.55. The number of rotatable bonds is 3. The lowest BCUT2D eigenvalue weighted by molar-refractivity contribution is 0.312. The van der Waals surface area contributed by atoms with E-state index in [-0.39, 0.29) is 0 Å². The van der Waals surface area contributed by atoms with E-state index < -0.39 is 0 Å². The minimum absolute atomic E-state index is 0.964. The highest BCUT2D eigenvalue weighted by Crippen LogP contribution is 2.30. The predicted octanol–water partition coefficient (Wildman–Crippen LogP) is 3.82. The van der Waals surface area contributed by atoms with Gasteiger partial charge in [-0.05, 0) is 31.1 Å². The van der Waals surface area contributed by atoms with Crippen molar-refractivity contribution in [1.29, 1.82) is 0 Å². The summed E-state index contributed by atoms with van der Waals surface area (Å²) in [6.07, 6.45) is 11.1. The smallest absolute Gasteiger partial charge is 0.0355 e. The molecule has 0 saturated heterocycles. The van der Waals surface area contributed by atoms with Gasteiger partial charge in [0, 0.05) is 0 Å². The summed E-state index contributed by atoms with van der Waals surface area (Å²) in [5.74, 6) is 1.97. The van der Waals surface area contributed by atoms with Crippen LogP contribution < -0.4 is 0 Å². The highest BCUT2D eigenvalue weighted by atomic mass is 14.2. The van der Waals surface area contributed by atoms with Crippen molar-refractivity contribution in [3.05, 3.63) is 6.42 Å². The van der Waals surface area contributed by atoms with Crippen LogP contribution in [0.5, 0.6) is 0 Å². The van der Waals surface area contributed by atoms with Crippen LogP contribution in [0.3, 0.4) is 0 Å². The van der Waals surface area contributed by atoms with Crippen molar-refractivity contribution in [2.45, 2.75) is 52.4 Å². The first-order chi connectivity index (χ1) is 5.33. The highest BCUT2D eigenvalue weighted by molar-refractivity contribution is 4.80. The van der Waals surface area contributed by atoms with Crippen molar-refractivity contribution in [3.8, 4) is 0 Å². The summed E-state index contributed by atoms with van der Waals surface area (Å²) in [5.41, 5.74) is 0. The maximum Gasteiger partial charge on any atom is -0.0355 e. The van der Waals surface area contributed by atoms with Crippen molar-refractivity contribution in [2.75, 3.05) is 0 Å². The fraction of sp³-hybridized carbons (Fsp3) is 0.909. The van der Waals surface area contributed by atoms with Crippen LogP contribution in [0.4, 0.5) is 0 Å². The first kappa shape index (κ1) is 9.09. The van der Waals surface area contributed by atoms with Gasteiger partial charge < -0.3 is 0 Å². The average molecular weight is 153 g/mol. The van der Waals surface area contributed by atoms with E-state index >= 15 is 0 Å². The zero-order chi connectivity index (χ0) is 8.10. The molecule has 0 aromatic carbocycles. The van der Waals surface area contributed by atoms with Crippen LogP contribution in [0, 0.1) is 18.3 Å². The molecule has 0 nitrogen and oxygen atoms in total. The first-order valence-corrected chi connectivity index (χ1v) is 5.16. The van der Waals surface area contributed by atoms with Crippen molar-refractivity contribution in [2.24, 2.45) is 11.8 Å². The molecule has 0 amide bonds. The SMILES string of the molecule is CCC[CH]C1CCC(C)CC1. The minimum atomic E-state index is 0.964. The second-order valence-corrected chi connectivity index (χ2v) is 4.04. The molecule has 11 heavy (non-hydrogen) atoms. The van der Waals surface area contributed by atoms with E-state index in [0.717, 1.165) is 11.8 Å². The monoisotopic (exact) mass is 153 g/mol. The number of unbranched alkanes of at least 4 members (excludes halogenated alkanes) is 1. The molecule has 0 bridgehead atoms. The third-order valence-electron chi connectivity index (χ3n) is 2.85. The van der Waals surface area contributed by atoms with E-state index in [1.54, 1.807) is 0 Å². The second-order valence-electron chi connectivity index (χ2n) is 4.04. The van der Waals surface area contributed by atoms with Gasteiger partial charge in [0.1, 0.15) is 0 Å². The van der Waals surface area contributed by atoms with E-state index in [9.17, 15) is 0 Å². The molecular weight excluding hydrogens is 132 g/mol.